The highest BCUT2D eigenvalue weighted by molar-refractivity contribution is 5.95. The van der Waals surface area contributed by atoms with E-state index in [1.165, 1.54) is 12.1 Å². The first-order chi connectivity index (χ1) is 11.0. The van der Waals surface area contributed by atoms with Crippen LogP contribution >= 0.6 is 0 Å². The Labute approximate surface area is 131 Å². The molecule has 23 heavy (non-hydrogen) atoms. The Morgan fingerprint density at radius 1 is 1.30 bits per heavy atom. The van der Waals surface area contributed by atoms with Crippen molar-refractivity contribution in [2.75, 3.05) is 0 Å². The molecule has 0 aliphatic heterocycles. The first-order valence-electron chi connectivity index (χ1n) is 6.94. The Morgan fingerprint density at radius 3 is 2.57 bits per heavy atom. The Morgan fingerprint density at radius 2 is 2.00 bits per heavy atom. The molecule has 1 aromatic carbocycles. The number of hydrogen-bond acceptors (Lipinski definition) is 4. The van der Waals surface area contributed by atoms with Crippen molar-refractivity contribution in [1.82, 2.24) is 14.7 Å². The number of aryl methyl sites for hydroxylation is 2. The molecule has 3 rings (SSSR count). The maximum Gasteiger partial charge on any atom is 0.353 e. The third-order valence-electron chi connectivity index (χ3n) is 3.52. The lowest BCUT2D eigenvalue weighted by atomic mass is 10.1. The second-order valence-electron chi connectivity index (χ2n) is 5.18. The van der Waals surface area contributed by atoms with Crippen LogP contribution < -0.4 is 0 Å². The minimum Gasteiger partial charge on any atom is -0.477 e. The number of rotatable bonds is 4. The van der Waals surface area contributed by atoms with Crippen LogP contribution in [0.5, 0.6) is 0 Å². The topological polar surface area (TPSA) is 81.2 Å². The van der Waals surface area contributed by atoms with Crippen LogP contribution in [0.4, 0.5) is 4.39 Å². The smallest absolute Gasteiger partial charge is 0.353 e. The van der Waals surface area contributed by atoms with Crippen molar-refractivity contribution in [2.24, 2.45) is 0 Å². The maximum atomic E-state index is 13.1. The van der Waals surface area contributed by atoms with Crippen LogP contribution in [0.3, 0.4) is 0 Å². The highest BCUT2D eigenvalue weighted by Gasteiger charge is 2.21. The number of carboxylic acid groups (broad SMARTS) is 1. The maximum absolute atomic E-state index is 13.1. The van der Waals surface area contributed by atoms with Crippen LogP contribution in [0.2, 0.25) is 0 Å². The zero-order valence-corrected chi connectivity index (χ0v) is 12.6. The average Bonchev–Trinajstić information content (AvgIpc) is 3.04. The van der Waals surface area contributed by atoms with Gasteiger partial charge in [-0.3, -0.25) is 0 Å². The first-order valence-corrected chi connectivity index (χ1v) is 6.94. The number of carboxylic acids is 1. The molecule has 1 N–H and O–H groups in total. The van der Waals surface area contributed by atoms with Crippen molar-refractivity contribution < 1.29 is 18.8 Å². The van der Waals surface area contributed by atoms with Crippen LogP contribution in [0, 0.1) is 19.7 Å². The molecule has 0 fully saturated rings. The predicted octanol–water partition coefficient (Wildman–Crippen LogP) is 3.04. The largest absolute Gasteiger partial charge is 0.477 e. The molecular weight excluding hydrogens is 301 g/mol. The lowest BCUT2D eigenvalue weighted by molar-refractivity contribution is 0.0686. The van der Waals surface area contributed by atoms with Gasteiger partial charge in [0, 0.05) is 11.3 Å². The fourth-order valence-corrected chi connectivity index (χ4v) is 2.50. The summed E-state index contributed by atoms with van der Waals surface area (Å²) in [5, 5.41) is 13.3. The number of aromatic nitrogens is 3. The average molecular weight is 315 g/mol. The number of halogens is 1. The fraction of sp³-hybridized carbons (Fsp3) is 0.188. The SMILES string of the molecule is Cc1noc(Cn2c(C)cc(-c3ccc(F)cc3)c2C(=O)O)n1. The van der Waals surface area contributed by atoms with Gasteiger partial charge in [0.2, 0.25) is 5.89 Å². The summed E-state index contributed by atoms with van der Waals surface area (Å²) in [6.45, 7) is 3.65. The molecule has 0 spiro atoms. The van der Waals surface area contributed by atoms with Crippen molar-refractivity contribution in [1.29, 1.82) is 0 Å². The van der Waals surface area contributed by atoms with Gasteiger partial charge >= 0.3 is 5.97 Å². The van der Waals surface area contributed by atoms with E-state index in [4.69, 9.17) is 4.52 Å². The van der Waals surface area contributed by atoms with Gasteiger partial charge in [0.25, 0.3) is 0 Å². The summed E-state index contributed by atoms with van der Waals surface area (Å²) in [6, 6.07) is 7.46. The van der Waals surface area contributed by atoms with Gasteiger partial charge in [-0.05, 0) is 37.6 Å². The summed E-state index contributed by atoms with van der Waals surface area (Å²) >= 11 is 0. The quantitative estimate of drug-likeness (QED) is 0.800. The van der Waals surface area contributed by atoms with Crippen molar-refractivity contribution in [3.05, 3.63) is 59.3 Å². The lowest BCUT2D eigenvalue weighted by Crippen LogP contribution is -2.12. The van der Waals surface area contributed by atoms with Crippen LogP contribution in [-0.4, -0.2) is 25.8 Å². The van der Waals surface area contributed by atoms with E-state index in [9.17, 15) is 14.3 Å². The summed E-state index contributed by atoms with van der Waals surface area (Å²) in [4.78, 5) is 15.8. The summed E-state index contributed by atoms with van der Waals surface area (Å²) in [6.07, 6.45) is 0. The summed E-state index contributed by atoms with van der Waals surface area (Å²) in [5.41, 5.74) is 1.99. The molecule has 0 saturated heterocycles. The van der Waals surface area contributed by atoms with E-state index in [1.807, 2.05) is 0 Å². The van der Waals surface area contributed by atoms with Crippen molar-refractivity contribution in [3.63, 3.8) is 0 Å². The van der Waals surface area contributed by atoms with E-state index >= 15 is 0 Å². The van der Waals surface area contributed by atoms with Gasteiger partial charge in [-0.15, -0.1) is 0 Å². The molecule has 0 atom stereocenters. The van der Waals surface area contributed by atoms with Gasteiger partial charge in [-0.25, -0.2) is 9.18 Å². The van der Waals surface area contributed by atoms with E-state index in [2.05, 4.69) is 10.1 Å². The van der Waals surface area contributed by atoms with E-state index < -0.39 is 5.97 Å². The number of nitrogens with zero attached hydrogens (tertiary/aromatic N) is 3. The monoisotopic (exact) mass is 315 g/mol. The molecule has 2 aromatic heterocycles. The standard InChI is InChI=1S/C16H14FN3O3/c1-9-7-13(11-3-5-12(17)6-4-11)15(16(21)22)20(9)8-14-18-10(2)19-23-14/h3-7H,8H2,1-2H3,(H,21,22). The number of carbonyl (C=O) groups is 1. The third-order valence-corrected chi connectivity index (χ3v) is 3.52. The predicted molar refractivity (Wildman–Crippen MR) is 79.7 cm³/mol. The Bertz CT molecular complexity index is 865. The third kappa shape index (κ3) is 2.85. The number of aromatic carboxylic acids is 1. The lowest BCUT2D eigenvalue weighted by Gasteiger charge is -2.07. The molecule has 0 unspecified atom stereocenters. The van der Waals surface area contributed by atoms with E-state index in [0.29, 0.717) is 22.8 Å². The molecule has 0 amide bonds. The molecular formula is C16H14FN3O3. The van der Waals surface area contributed by atoms with Gasteiger partial charge in [-0.2, -0.15) is 4.98 Å². The van der Waals surface area contributed by atoms with Crippen LogP contribution in [-0.2, 0) is 6.54 Å². The Balaban J connectivity index is 2.09. The first kappa shape index (κ1) is 15.0. The Hall–Kier alpha value is -2.96. The minimum absolute atomic E-state index is 0.102. The van der Waals surface area contributed by atoms with E-state index in [-0.39, 0.29) is 18.1 Å². The minimum atomic E-state index is -1.08. The number of benzene rings is 1. The van der Waals surface area contributed by atoms with Gasteiger partial charge in [0.05, 0.1) is 0 Å². The summed E-state index contributed by atoms with van der Waals surface area (Å²) in [7, 11) is 0. The Kier molecular flexibility index (Phi) is 3.69. The number of hydrogen-bond donors (Lipinski definition) is 1. The zero-order valence-electron chi connectivity index (χ0n) is 12.6. The van der Waals surface area contributed by atoms with Gasteiger partial charge in [0.15, 0.2) is 5.82 Å². The molecule has 7 heteroatoms. The highest BCUT2D eigenvalue weighted by atomic mass is 19.1. The molecule has 0 aliphatic carbocycles. The van der Waals surface area contributed by atoms with E-state index in [1.54, 1.807) is 36.6 Å². The molecule has 6 nitrogen and oxygen atoms in total. The van der Waals surface area contributed by atoms with Crippen LogP contribution in [0.15, 0.2) is 34.9 Å². The second-order valence-corrected chi connectivity index (χ2v) is 5.18. The second kappa shape index (κ2) is 5.68. The van der Waals surface area contributed by atoms with Crippen molar-refractivity contribution in [2.45, 2.75) is 20.4 Å². The molecule has 0 saturated carbocycles. The molecule has 118 valence electrons. The fourth-order valence-electron chi connectivity index (χ4n) is 2.50. The summed E-state index contributed by atoms with van der Waals surface area (Å²) in [5.74, 6) is -0.633. The van der Waals surface area contributed by atoms with Gasteiger partial charge in [-0.1, -0.05) is 17.3 Å². The van der Waals surface area contributed by atoms with Crippen LogP contribution in [0.1, 0.15) is 27.9 Å². The van der Waals surface area contributed by atoms with Gasteiger partial charge in [0.1, 0.15) is 18.1 Å². The van der Waals surface area contributed by atoms with Crippen molar-refractivity contribution >= 4 is 5.97 Å². The molecule has 2 heterocycles. The van der Waals surface area contributed by atoms with Gasteiger partial charge < -0.3 is 14.2 Å². The van der Waals surface area contributed by atoms with E-state index in [0.717, 1.165) is 5.69 Å². The molecule has 3 aromatic rings. The van der Waals surface area contributed by atoms with Crippen LogP contribution in [0.25, 0.3) is 11.1 Å². The normalized spacial score (nSPS) is 10.9. The summed E-state index contributed by atoms with van der Waals surface area (Å²) < 4.78 is 19.7. The molecule has 0 bridgehead atoms. The van der Waals surface area contributed by atoms with Crippen molar-refractivity contribution in [3.8, 4) is 11.1 Å². The molecule has 0 aliphatic rings. The highest BCUT2D eigenvalue weighted by Crippen LogP contribution is 2.28. The zero-order chi connectivity index (χ0) is 16.6. The molecule has 0 radical (unpaired) electrons.